The maximum absolute atomic E-state index is 12.8. The molecule has 2 aromatic carbocycles. The molecule has 33 heavy (non-hydrogen) atoms. The molecule has 0 aliphatic heterocycles. The molecule has 0 saturated carbocycles. The topological polar surface area (TPSA) is 60.3 Å². The van der Waals surface area contributed by atoms with Crippen molar-refractivity contribution < 1.29 is 14.3 Å². The molecule has 0 bridgehead atoms. The average Bonchev–Trinajstić information content (AvgIpc) is 3.46. The zero-order chi connectivity index (χ0) is 22.8. The molecule has 168 valence electrons. The molecule has 2 heterocycles. The molecule has 4 aromatic rings. The average molecular weight is 459 g/mol. The van der Waals surface area contributed by atoms with Gasteiger partial charge in [-0.2, -0.15) is 0 Å². The van der Waals surface area contributed by atoms with E-state index in [1.165, 1.54) is 42.4 Å². The second kappa shape index (κ2) is 9.24. The largest absolute Gasteiger partial charge is 0.465 e. The molecular weight excluding hydrogens is 432 g/mol. The number of aromatic nitrogens is 1. The van der Waals surface area contributed by atoms with Gasteiger partial charge in [-0.15, -0.1) is 11.3 Å². The summed E-state index contributed by atoms with van der Waals surface area (Å²) in [7, 11) is 1.37. The lowest BCUT2D eigenvalue weighted by Crippen LogP contribution is -2.16. The number of hydrogen-bond acceptors (Lipinski definition) is 4. The molecule has 5 nitrogen and oxygen atoms in total. The number of nitrogens with one attached hydrogen (secondary N) is 1. The number of carbonyl (C=O) groups is 2. The van der Waals surface area contributed by atoms with Gasteiger partial charge in [-0.3, -0.25) is 4.79 Å². The summed E-state index contributed by atoms with van der Waals surface area (Å²) in [5.41, 5.74) is 6.08. The van der Waals surface area contributed by atoms with Gasteiger partial charge < -0.3 is 14.6 Å². The maximum atomic E-state index is 12.8. The number of ether oxygens (including phenoxy) is 1. The molecule has 0 fully saturated rings. The number of esters is 1. The van der Waals surface area contributed by atoms with Crippen molar-refractivity contribution in [2.45, 2.75) is 38.6 Å². The maximum Gasteiger partial charge on any atom is 0.341 e. The highest BCUT2D eigenvalue weighted by Gasteiger charge is 2.23. The molecule has 1 N–H and O–H groups in total. The highest BCUT2D eigenvalue weighted by Crippen LogP contribution is 2.37. The number of fused-ring (bicyclic) bond motifs is 2. The van der Waals surface area contributed by atoms with E-state index in [2.05, 4.69) is 34.1 Å². The van der Waals surface area contributed by atoms with Gasteiger partial charge >= 0.3 is 5.97 Å². The molecular formula is C27H26N2O3S. The molecule has 0 spiro atoms. The van der Waals surface area contributed by atoms with Crippen LogP contribution in [0, 0.1) is 0 Å². The summed E-state index contributed by atoms with van der Waals surface area (Å²) in [6.07, 6.45) is 6.91. The standard InChI is InChI=1S/C27H26N2O3S/c1-32-27(31)25-22(21-11-10-18-6-2-3-8-20(18)16-21)17-33-26(25)28-24(30)13-15-29-14-12-19-7-4-5-9-23(19)29/h4-5,7,9-12,14,16-17H,2-3,6,8,13,15H2,1H3,(H,28,30). The van der Waals surface area contributed by atoms with Crippen molar-refractivity contribution in [3.05, 3.63) is 76.8 Å². The highest BCUT2D eigenvalue weighted by molar-refractivity contribution is 7.15. The van der Waals surface area contributed by atoms with Crippen LogP contribution in [0.5, 0.6) is 0 Å². The minimum Gasteiger partial charge on any atom is -0.465 e. The van der Waals surface area contributed by atoms with Gasteiger partial charge in [0.15, 0.2) is 0 Å². The number of aryl methyl sites for hydroxylation is 3. The van der Waals surface area contributed by atoms with Crippen molar-refractivity contribution >= 4 is 39.1 Å². The van der Waals surface area contributed by atoms with Gasteiger partial charge in [-0.05, 0) is 59.9 Å². The van der Waals surface area contributed by atoms with Crippen LogP contribution in [0.25, 0.3) is 22.0 Å². The number of anilines is 1. The van der Waals surface area contributed by atoms with Crippen LogP contribution >= 0.6 is 11.3 Å². The minimum atomic E-state index is -0.435. The highest BCUT2D eigenvalue weighted by atomic mass is 32.1. The van der Waals surface area contributed by atoms with E-state index in [-0.39, 0.29) is 5.91 Å². The number of benzene rings is 2. The normalized spacial score (nSPS) is 13.0. The van der Waals surface area contributed by atoms with E-state index in [0.29, 0.717) is 23.5 Å². The fraction of sp³-hybridized carbons (Fsp3) is 0.259. The van der Waals surface area contributed by atoms with Crippen LogP contribution in [0.15, 0.2) is 60.1 Å². The molecule has 1 aliphatic rings. The van der Waals surface area contributed by atoms with Crippen molar-refractivity contribution in [3.63, 3.8) is 0 Å². The fourth-order valence-corrected chi connectivity index (χ4v) is 5.59. The lowest BCUT2D eigenvalue weighted by molar-refractivity contribution is -0.116. The van der Waals surface area contributed by atoms with Crippen LogP contribution in [0.2, 0.25) is 0 Å². The number of rotatable bonds is 6. The molecule has 6 heteroatoms. The molecule has 1 amide bonds. The van der Waals surface area contributed by atoms with Crippen LogP contribution in [0.3, 0.4) is 0 Å². The lowest BCUT2D eigenvalue weighted by Gasteiger charge is -2.16. The molecule has 1 aliphatic carbocycles. The Morgan fingerprint density at radius 3 is 2.73 bits per heavy atom. The van der Waals surface area contributed by atoms with E-state index in [1.54, 1.807) is 0 Å². The Labute approximate surface area is 197 Å². The summed E-state index contributed by atoms with van der Waals surface area (Å²) in [6.45, 7) is 0.565. The number of carbonyl (C=O) groups excluding carboxylic acids is 2. The van der Waals surface area contributed by atoms with Gasteiger partial charge in [-0.1, -0.05) is 36.4 Å². The second-order valence-electron chi connectivity index (χ2n) is 8.40. The summed E-state index contributed by atoms with van der Waals surface area (Å²) in [5, 5.41) is 6.58. The number of amides is 1. The third-order valence-corrected chi connectivity index (χ3v) is 7.25. The number of para-hydroxylation sites is 1. The van der Waals surface area contributed by atoms with Crippen molar-refractivity contribution in [2.75, 3.05) is 12.4 Å². The first kappa shape index (κ1) is 21.5. The predicted octanol–water partition coefficient (Wildman–Crippen LogP) is 6.06. The smallest absolute Gasteiger partial charge is 0.341 e. The third-order valence-electron chi connectivity index (χ3n) is 6.35. The first-order valence-electron chi connectivity index (χ1n) is 11.3. The molecule has 2 aromatic heterocycles. The van der Waals surface area contributed by atoms with E-state index in [1.807, 2.05) is 35.8 Å². The van der Waals surface area contributed by atoms with Gasteiger partial charge in [0.05, 0.1) is 7.11 Å². The summed E-state index contributed by atoms with van der Waals surface area (Å²) >= 11 is 1.37. The molecule has 0 saturated heterocycles. The summed E-state index contributed by atoms with van der Waals surface area (Å²) in [5.74, 6) is -0.563. The third kappa shape index (κ3) is 4.31. The van der Waals surface area contributed by atoms with E-state index < -0.39 is 5.97 Å². The Hall–Kier alpha value is -3.38. The summed E-state index contributed by atoms with van der Waals surface area (Å²) in [4.78, 5) is 25.5. The summed E-state index contributed by atoms with van der Waals surface area (Å²) < 4.78 is 7.14. The minimum absolute atomic E-state index is 0.128. The first-order chi connectivity index (χ1) is 16.1. The molecule has 0 unspecified atom stereocenters. The van der Waals surface area contributed by atoms with Gasteiger partial charge in [-0.25, -0.2) is 4.79 Å². The number of nitrogens with zero attached hydrogens (tertiary/aromatic N) is 1. The lowest BCUT2D eigenvalue weighted by atomic mass is 9.89. The number of thiophene rings is 1. The van der Waals surface area contributed by atoms with Crippen LogP contribution in [0.1, 0.15) is 40.7 Å². The van der Waals surface area contributed by atoms with Crippen molar-refractivity contribution in [1.82, 2.24) is 4.57 Å². The van der Waals surface area contributed by atoms with Crippen molar-refractivity contribution in [1.29, 1.82) is 0 Å². The van der Waals surface area contributed by atoms with Crippen LogP contribution < -0.4 is 5.32 Å². The van der Waals surface area contributed by atoms with Gasteiger partial charge in [0, 0.05) is 35.6 Å². The zero-order valence-electron chi connectivity index (χ0n) is 18.6. The Morgan fingerprint density at radius 1 is 1.06 bits per heavy atom. The quantitative estimate of drug-likeness (QED) is 0.357. The summed E-state index contributed by atoms with van der Waals surface area (Å²) in [6, 6.07) is 16.6. The Kier molecular flexibility index (Phi) is 6.01. The van der Waals surface area contributed by atoms with Gasteiger partial charge in [0.1, 0.15) is 10.6 Å². The van der Waals surface area contributed by atoms with Crippen LogP contribution in [-0.4, -0.2) is 23.6 Å². The molecule has 0 radical (unpaired) electrons. The Balaban J connectivity index is 1.36. The second-order valence-corrected chi connectivity index (χ2v) is 9.28. The van der Waals surface area contributed by atoms with Crippen LogP contribution in [0.4, 0.5) is 5.00 Å². The fourth-order valence-electron chi connectivity index (χ4n) is 4.61. The van der Waals surface area contributed by atoms with Crippen LogP contribution in [-0.2, 0) is 28.9 Å². The number of methoxy groups -OCH3 is 1. The van der Waals surface area contributed by atoms with Crippen molar-refractivity contribution in [3.8, 4) is 11.1 Å². The van der Waals surface area contributed by atoms with E-state index >= 15 is 0 Å². The first-order valence-corrected chi connectivity index (χ1v) is 12.2. The predicted molar refractivity (Wildman–Crippen MR) is 133 cm³/mol. The molecule has 0 atom stereocenters. The van der Waals surface area contributed by atoms with E-state index in [4.69, 9.17) is 4.74 Å². The zero-order valence-corrected chi connectivity index (χ0v) is 19.4. The van der Waals surface area contributed by atoms with Gasteiger partial charge in [0.25, 0.3) is 0 Å². The Morgan fingerprint density at radius 2 is 1.88 bits per heavy atom. The molecule has 5 rings (SSSR count). The SMILES string of the molecule is COC(=O)c1c(-c2ccc3c(c2)CCCC3)csc1NC(=O)CCn1ccc2ccccc21. The monoisotopic (exact) mass is 458 g/mol. The van der Waals surface area contributed by atoms with Crippen molar-refractivity contribution in [2.24, 2.45) is 0 Å². The van der Waals surface area contributed by atoms with Gasteiger partial charge in [0.2, 0.25) is 5.91 Å². The van der Waals surface area contributed by atoms with E-state index in [0.717, 1.165) is 34.9 Å². The number of hydrogen-bond donors (Lipinski definition) is 1. The van der Waals surface area contributed by atoms with E-state index in [9.17, 15) is 9.59 Å². The Bertz CT molecular complexity index is 1330.